The minimum Gasteiger partial charge on any atom is -0.496 e. The molecular formula is C13H19ClN2O2. The molecule has 0 bridgehead atoms. The fraction of sp³-hybridized carbons (Fsp3) is 0.462. The fourth-order valence-corrected chi connectivity index (χ4v) is 2.37. The first-order valence-electron chi connectivity index (χ1n) is 5.86. The average molecular weight is 271 g/mol. The molecular weight excluding hydrogens is 252 g/mol. The van der Waals surface area contributed by atoms with Gasteiger partial charge in [-0.3, -0.25) is 4.79 Å². The summed E-state index contributed by atoms with van der Waals surface area (Å²) in [6.07, 6.45) is 1.91. The van der Waals surface area contributed by atoms with Gasteiger partial charge in [0.2, 0.25) is 5.91 Å². The van der Waals surface area contributed by atoms with Gasteiger partial charge in [-0.1, -0.05) is 12.1 Å². The van der Waals surface area contributed by atoms with Crippen LogP contribution in [0.5, 0.6) is 5.75 Å². The topological polar surface area (TPSA) is 50.4 Å². The number of carbonyl (C=O) groups is 1. The number of fused-ring (bicyclic) bond motifs is 1. The van der Waals surface area contributed by atoms with Gasteiger partial charge in [0, 0.05) is 0 Å². The van der Waals surface area contributed by atoms with Crippen LogP contribution in [0, 0.1) is 0 Å². The van der Waals surface area contributed by atoms with Crippen LogP contribution in [-0.4, -0.2) is 26.6 Å². The van der Waals surface area contributed by atoms with Crippen molar-refractivity contribution in [1.29, 1.82) is 0 Å². The van der Waals surface area contributed by atoms with Crippen LogP contribution in [0.25, 0.3) is 0 Å². The molecule has 1 aromatic carbocycles. The van der Waals surface area contributed by atoms with Crippen LogP contribution in [-0.2, 0) is 11.2 Å². The second-order valence-corrected chi connectivity index (χ2v) is 4.22. The molecule has 0 saturated carbocycles. The van der Waals surface area contributed by atoms with E-state index in [9.17, 15) is 4.79 Å². The molecule has 0 radical (unpaired) electrons. The maximum absolute atomic E-state index is 11.6. The Morgan fingerprint density at radius 1 is 1.50 bits per heavy atom. The number of halogens is 1. The molecule has 0 heterocycles. The number of hydrogen-bond donors (Lipinski definition) is 2. The van der Waals surface area contributed by atoms with Gasteiger partial charge in [0.15, 0.2) is 0 Å². The van der Waals surface area contributed by atoms with Gasteiger partial charge >= 0.3 is 0 Å². The van der Waals surface area contributed by atoms with Gasteiger partial charge in [-0.15, -0.1) is 12.4 Å². The number of amides is 1. The van der Waals surface area contributed by atoms with Gasteiger partial charge in [0.05, 0.1) is 19.7 Å². The molecule has 1 unspecified atom stereocenters. The fourth-order valence-electron chi connectivity index (χ4n) is 2.37. The lowest BCUT2D eigenvalue weighted by molar-refractivity contribution is -0.120. The Balaban J connectivity index is 0.00000162. The highest BCUT2D eigenvalue weighted by molar-refractivity contribution is 5.85. The predicted molar refractivity (Wildman–Crippen MR) is 73.4 cm³/mol. The van der Waals surface area contributed by atoms with Crippen molar-refractivity contribution in [3.8, 4) is 5.75 Å². The molecule has 0 aliphatic heterocycles. The first-order valence-corrected chi connectivity index (χ1v) is 5.86. The zero-order chi connectivity index (χ0) is 12.3. The van der Waals surface area contributed by atoms with Crippen LogP contribution in [0.3, 0.4) is 0 Å². The van der Waals surface area contributed by atoms with E-state index >= 15 is 0 Å². The maximum Gasteiger partial charge on any atom is 0.234 e. The molecule has 1 aromatic rings. The van der Waals surface area contributed by atoms with Crippen molar-refractivity contribution in [1.82, 2.24) is 10.6 Å². The summed E-state index contributed by atoms with van der Waals surface area (Å²) in [5, 5.41) is 5.88. The molecule has 1 aliphatic rings. The number of hydrogen-bond acceptors (Lipinski definition) is 3. The summed E-state index contributed by atoms with van der Waals surface area (Å²) >= 11 is 0. The summed E-state index contributed by atoms with van der Waals surface area (Å²) in [4.78, 5) is 11.6. The van der Waals surface area contributed by atoms with Crippen LogP contribution >= 0.6 is 12.4 Å². The van der Waals surface area contributed by atoms with Crippen molar-refractivity contribution in [3.63, 3.8) is 0 Å². The van der Waals surface area contributed by atoms with E-state index in [-0.39, 0.29) is 24.4 Å². The molecule has 0 fully saturated rings. The largest absolute Gasteiger partial charge is 0.496 e. The number of benzene rings is 1. The number of rotatable bonds is 4. The molecule has 5 heteroatoms. The molecule has 18 heavy (non-hydrogen) atoms. The number of likely N-dealkylation sites (N-methyl/N-ethyl adjacent to an activating group) is 1. The molecule has 2 N–H and O–H groups in total. The highest BCUT2D eigenvalue weighted by Gasteiger charge is 2.25. The first kappa shape index (κ1) is 14.8. The minimum atomic E-state index is 0. The number of ether oxygens (including phenoxy) is 1. The molecule has 100 valence electrons. The zero-order valence-electron chi connectivity index (χ0n) is 10.7. The van der Waals surface area contributed by atoms with E-state index in [2.05, 4.69) is 16.7 Å². The number of nitrogens with one attached hydrogen (secondary N) is 2. The van der Waals surface area contributed by atoms with Crippen LogP contribution in [0.15, 0.2) is 18.2 Å². The zero-order valence-corrected chi connectivity index (χ0v) is 11.5. The summed E-state index contributed by atoms with van der Waals surface area (Å²) in [6.45, 7) is 0.357. The highest BCUT2D eigenvalue weighted by atomic mass is 35.5. The van der Waals surface area contributed by atoms with E-state index in [1.54, 1.807) is 14.2 Å². The van der Waals surface area contributed by atoms with E-state index in [1.807, 2.05) is 12.1 Å². The summed E-state index contributed by atoms with van der Waals surface area (Å²) in [5.74, 6) is 0.959. The molecule has 1 atom stereocenters. The Bertz CT molecular complexity index is 423. The SMILES string of the molecule is CNCC(=O)NC1CCc2c(OC)cccc21.Cl. The van der Waals surface area contributed by atoms with Crippen molar-refractivity contribution in [2.45, 2.75) is 18.9 Å². The van der Waals surface area contributed by atoms with Crippen molar-refractivity contribution in [2.24, 2.45) is 0 Å². The van der Waals surface area contributed by atoms with Crippen LogP contribution in [0.2, 0.25) is 0 Å². The molecule has 0 spiro atoms. The smallest absolute Gasteiger partial charge is 0.234 e. The number of methoxy groups -OCH3 is 1. The van der Waals surface area contributed by atoms with Crippen LogP contribution in [0.4, 0.5) is 0 Å². The van der Waals surface area contributed by atoms with E-state index in [0.717, 1.165) is 18.6 Å². The summed E-state index contributed by atoms with van der Waals surface area (Å²) in [6, 6.07) is 6.13. The van der Waals surface area contributed by atoms with E-state index in [1.165, 1.54) is 11.1 Å². The minimum absolute atomic E-state index is 0. The van der Waals surface area contributed by atoms with Crippen molar-refractivity contribution >= 4 is 18.3 Å². The molecule has 4 nitrogen and oxygen atoms in total. The molecule has 2 rings (SSSR count). The van der Waals surface area contributed by atoms with E-state index in [4.69, 9.17) is 4.74 Å². The summed E-state index contributed by atoms with van der Waals surface area (Å²) in [5.41, 5.74) is 2.42. The Morgan fingerprint density at radius 3 is 2.94 bits per heavy atom. The summed E-state index contributed by atoms with van der Waals surface area (Å²) in [7, 11) is 3.45. The normalized spacial score (nSPS) is 16.7. The monoisotopic (exact) mass is 270 g/mol. The average Bonchev–Trinajstić information content (AvgIpc) is 2.73. The highest BCUT2D eigenvalue weighted by Crippen LogP contribution is 2.36. The standard InChI is InChI=1S/C13H18N2O2.ClH/c1-14-8-13(16)15-11-7-6-10-9(11)4-3-5-12(10)17-2;/h3-5,11,14H,6-8H2,1-2H3,(H,15,16);1H. The van der Waals surface area contributed by atoms with Crippen molar-refractivity contribution in [2.75, 3.05) is 20.7 Å². The Labute approximate surface area is 114 Å². The lowest BCUT2D eigenvalue weighted by Crippen LogP contribution is -2.34. The lowest BCUT2D eigenvalue weighted by atomic mass is 10.1. The third kappa shape index (κ3) is 2.94. The quantitative estimate of drug-likeness (QED) is 0.871. The third-order valence-corrected chi connectivity index (χ3v) is 3.12. The van der Waals surface area contributed by atoms with Crippen molar-refractivity contribution < 1.29 is 9.53 Å². The van der Waals surface area contributed by atoms with Crippen molar-refractivity contribution in [3.05, 3.63) is 29.3 Å². The van der Waals surface area contributed by atoms with Gasteiger partial charge in [-0.25, -0.2) is 0 Å². The summed E-state index contributed by atoms with van der Waals surface area (Å²) < 4.78 is 5.33. The van der Waals surface area contributed by atoms with Gasteiger partial charge in [0.1, 0.15) is 5.75 Å². The molecule has 0 saturated heterocycles. The van der Waals surface area contributed by atoms with E-state index < -0.39 is 0 Å². The van der Waals surface area contributed by atoms with Crippen LogP contribution < -0.4 is 15.4 Å². The number of carbonyl (C=O) groups excluding carboxylic acids is 1. The van der Waals surface area contributed by atoms with Gasteiger partial charge < -0.3 is 15.4 Å². The second-order valence-electron chi connectivity index (χ2n) is 4.22. The van der Waals surface area contributed by atoms with Crippen LogP contribution in [0.1, 0.15) is 23.6 Å². The molecule has 1 amide bonds. The van der Waals surface area contributed by atoms with Gasteiger partial charge in [-0.05, 0) is 37.1 Å². The Hall–Kier alpha value is -1.26. The maximum atomic E-state index is 11.6. The third-order valence-electron chi connectivity index (χ3n) is 3.12. The second kappa shape index (κ2) is 6.61. The Morgan fingerprint density at radius 2 is 2.28 bits per heavy atom. The van der Waals surface area contributed by atoms with Gasteiger partial charge in [0.25, 0.3) is 0 Å². The Kier molecular flexibility index (Phi) is 5.44. The first-order chi connectivity index (χ1) is 8.26. The molecule has 0 aromatic heterocycles. The van der Waals surface area contributed by atoms with Gasteiger partial charge in [-0.2, -0.15) is 0 Å². The molecule has 1 aliphatic carbocycles. The lowest BCUT2D eigenvalue weighted by Gasteiger charge is -2.14. The predicted octanol–water partition coefficient (Wildman–Crippen LogP) is 1.44. The van der Waals surface area contributed by atoms with E-state index in [0.29, 0.717) is 6.54 Å².